The Hall–Kier alpha value is -3.12. The van der Waals surface area contributed by atoms with Crippen LogP contribution in [-0.4, -0.2) is 36.3 Å². The van der Waals surface area contributed by atoms with E-state index in [9.17, 15) is 14.4 Å². The minimum absolute atomic E-state index is 0.119. The molecule has 1 heterocycles. The monoisotopic (exact) mass is 370 g/mol. The van der Waals surface area contributed by atoms with Crippen LogP contribution >= 0.6 is 11.6 Å². The molecule has 0 saturated carbocycles. The number of benzene rings is 2. The molecule has 2 aromatic carbocycles. The molecule has 6 nitrogen and oxygen atoms in total. The van der Waals surface area contributed by atoms with Crippen LogP contribution in [0.15, 0.2) is 49.1 Å². The summed E-state index contributed by atoms with van der Waals surface area (Å²) in [5, 5.41) is 3.14. The number of carbonyl (C=O) groups excluding carboxylic acids is 3. The van der Waals surface area contributed by atoms with Crippen LogP contribution in [0.1, 0.15) is 31.1 Å². The Labute approximate surface area is 155 Å². The van der Waals surface area contributed by atoms with Gasteiger partial charge in [-0.2, -0.15) is 0 Å². The number of ether oxygens (including phenoxy) is 1. The third-order valence-electron chi connectivity index (χ3n) is 3.95. The van der Waals surface area contributed by atoms with E-state index in [-0.39, 0.29) is 23.2 Å². The lowest BCUT2D eigenvalue weighted by Crippen LogP contribution is -2.29. The normalized spacial score (nSPS) is 12.8. The van der Waals surface area contributed by atoms with Crippen molar-refractivity contribution in [3.8, 4) is 5.75 Å². The Morgan fingerprint density at radius 1 is 1.19 bits per heavy atom. The molecule has 0 fully saturated rings. The van der Waals surface area contributed by atoms with Gasteiger partial charge in [0.2, 0.25) is 0 Å². The predicted octanol–water partition coefficient (Wildman–Crippen LogP) is 3.38. The number of nitrogens with zero attached hydrogens (tertiary/aromatic N) is 1. The summed E-state index contributed by atoms with van der Waals surface area (Å²) in [7, 11) is 1.48. The van der Waals surface area contributed by atoms with E-state index in [0.717, 1.165) is 4.90 Å². The molecule has 3 amide bonds. The van der Waals surface area contributed by atoms with Crippen molar-refractivity contribution in [1.82, 2.24) is 4.90 Å². The summed E-state index contributed by atoms with van der Waals surface area (Å²) in [4.78, 5) is 38.2. The van der Waals surface area contributed by atoms with Crippen molar-refractivity contribution in [2.24, 2.45) is 0 Å². The molecular weight excluding hydrogens is 356 g/mol. The van der Waals surface area contributed by atoms with Gasteiger partial charge in [-0.15, -0.1) is 6.58 Å². The molecule has 0 aromatic heterocycles. The maximum atomic E-state index is 12.6. The van der Waals surface area contributed by atoms with Gasteiger partial charge in [-0.25, -0.2) is 0 Å². The molecule has 0 saturated heterocycles. The van der Waals surface area contributed by atoms with E-state index in [1.165, 1.54) is 31.4 Å². The average Bonchev–Trinajstić information content (AvgIpc) is 2.87. The molecule has 1 N–H and O–H groups in total. The first kappa shape index (κ1) is 17.7. The molecule has 1 aliphatic rings. The van der Waals surface area contributed by atoms with E-state index in [1.54, 1.807) is 18.2 Å². The van der Waals surface area contributed by atoms with Crippen molar-refractivity contribution < 1.29 is 19.1 Å². The topological polar surface area (TPSA) is 75.7 Å². The quantitative estimate of drug-likeness (QED) is 0.646. The highest BCUT2D eigenvalue weighted by Crippen LogP contribution is 2.29. The lowest BCUT2D eigenvalue weighted by Gasteiger charge is -2.11. The number of nitrogens with one attached hydrogen (secondary N) is 1. The minimum Gasteiger partial charge on any atom is -0.495 e. The Bertz CT molecular complexity index is 939. The molecule has 0 atom stereocenters. The van der Waals surface area contributed by atoms with Crippen molar-refractivity contribution in [1.29, 1.82) is 0 Å². The van der Waals surface area contributed by atoms with E-state index in [4.69, 9.17) is 16.3 Å². The van der Waals surface area contributed by atoms with Crippen molar-refractivity contribution in [3.05, 3.63) is 70.8 Å². The van der Waals surface area contributed by atoms with E-state index >= 15 is 0 Å². The highest BCUT2D eigenvalue weighted by atomic mass is 35.5. The van der Waals surface area contributed by atoms with Crippen LogP contribution in [0.2, 0.25) is 5.02 Å². The molecule has 1 aliphatic heterocycles. The lowest BCUT2D eigenvalue weighted by atomic mass is 10.1. The SMILES string of the molecule is C=CCN1C(=O)c2ccc(C(=O)Nc3cc(Cl)ccc3OC)cc2C1=O. The fourth-order valence-corrected chi connectivity index (χ4v) is 2.87. The van der Waals surface area contributed by atoms with E-state index < -0.39 is 17.7 Å². The van der Waals surface area contributed by atoms with Gasteiger partial charge in [-0.05, 0) is 36.4 Å². The second-order valence-electron chi connectivity index (χ2n) is 5.57. The van der Waals surface area contributed by atoms with E-state index in [0.29, 0.717) is 16.5 Å². The summed E-state index contributed by atoms with van der Waals surface area (Å²) in [6, 6.07) is 9.22. The summed E-state index contributed by atoms with van der Waals surface area (Å²) in [5.74, 6) is -0.837. The number of hydrogen-bond donors (Lipinski definition) is 1. The number of halogens is 1. The van der Waals surface area contributed by atoms with Crippen molar-refractivity contribution in [2.75, 3.05) is 19.0 Å². The van der Waals surface area contributed by atoms with Gasteiger partial charge in [0.25, 0.3) is 17.7 Å². The highest BCUT2D eigenvalue weighted by Gasteiger charge is 2.35. The number of anilines is 1. The third-order valence-corrected chi connectivity index (χ3v) is 4.19. The fourth-order valence-electron chi connectivity index (χ4n) is 2.70. The second-order valence-corrected chi connectivity index (χ2v) is 6.01. The molecule has 3 rings (SSSR count). The Balaban J connectivity index is 1.90. The van der Waals surface area contributed by atoms with Gasteiger partial charge < -0.3 is 10.1 Å². The Morgan fingerprint density at radius 3 is 2.62 bits per heavy atom. The van der Waals surface area contributed by atoms with Gasteiger partial charge >= 0.3 is 0 Å². The summed E-state index contributed by atoms with van der Waals surface area (Å²) in [6.45, 7) is 3.66. The Kier molecular flexibility index (Phi) is 4.77. The third kappa shape index (κ3) is 3.07. The predicted molar refractivity (Wildman–Crippen MR) is 98.0 cm³/mol. The zero-order valence-electron chi connectivity index (χ0n) is 13.9. The molecule has 2 aromatic rings. The van der Waals surface area contributed by atoms with Crippen LogP contribution in [0.5, 0.6) is 5.75 Å². The second kappa shape index (κ2) is 7.01. The number of imide groups is 1. The molecule has 0 bridgehead atoms. The van der Waals surface area contributed by atoms with Crippen LogP contribution in [0.4, 0.5) is 5.69 Å². The van der Waals surface area contributed by atoms with Gasteiger partial charge in [0.05, 0.1) is 23.9 Å². The molecule has 0 aliphatic carbocycles. The van der Waals surface area contributed by atoms with Crippen molar-refractivity contribution in [2.45, 2.75) is 0 Å². The zero-order valence-corrected chi connectivity index (χ0v) is 14.7. The number of rotatable bonds is 5. The fraction of sp³-hybridized carbons (Fsp3) is 0.105. The number of carbonyl (C=O) groups is 3. The molecule has 0 spiro atoms. The summed E-state index contributed by atoms with van der Waals surface area (Å²) < 4.78 is 5.19. The number of amides is 3. The minimum atomic E-state index is -0.448. The van der Waals surface area contributed by atoms with Crippen molar-refractivity contribution >= 4 is 35.0 Å². The standard InChI is InChI=1S/C19H15ClN2O4/c1-3-8-22-18(24)13-6-4-11(9-14(13)19(22)25)17(23)21-15-10-12(20)5-7-16(15)26-2/h3-7,9-10H,1,8H2,2H3,(H,21,23). The van der Waals surface area contributed by atoms with E-state index in [2.05, 4.69) is 11.9 Å². The van der Waals surface area contributed by atoms with Gasteiger partial charge in [0.15, 0.2) is 0 Å². The lowest BCUT2D eigenvalue weighted by molar-refractivity contribution is 0.0672. The maximum Gasteiger partial charge on any atom is 0.261 e. The van der Waals surface area contributed by atoms with Gasteiger partial charge in [0, 0.05) is 17.1 Å². The molecule has 0 unspecified atom stereocenters. The summed E-state index contributed by atoms with van der Waals surface area (Å²) in [6.07, 6.45) is 1.47. The van der Waals surface area contributed by atoms with Crippen LogP contribution in [0, 0.1) is 0 Å². The number of fused-ring (bicyclic) bond motifs is 1. The van der Waals surface area contributed by atoms with Crippen LogP contribution in [0.25, 0.3) is 0 Å². The number of hydrogen-bond acceptors (Lipinski definition) is 4. The number of methoxy groups -OCH3 is 1. The first-order valence-electron chi connectivity index (χ1n) is 7.72. The molecule has 7 heteroatoms. The van der Waals surface area contributed by atoms with E-state index in [1.807, 2.05) is 0 Å². The smallest absolute Gasteiger partial charge is 0.261 e. The van der Waals surface area contributed by atoms with Crippen LogP contribution < -0.4 is 10.1 Å². The van der Waals surface area contributed by atoms with Crippen LogP contribution in [0.3, 0.4) is 0 Å². The molecular formula is C19H15ClN2O4. The summed E-state index contributed by atoms with van der Waals surface area (Å²) >= 11 is 5.96. The Morgan fingerprint density at radius 2 is 1.92 bits per heavy atom. The summed E-state index contributed by atoms with van der Waals surface area (Å²) in [5.41, 5.74) is 1.12. The van der Waals surface area contributed by atoms with Gasteiger partial charge in [-0.3, -0.25) is 19.3 Å². The molecule has 0 radical (unpaired) electrons. The zero-order chi connectivity index (χ0) is 18.8. The largest absolute Gasteiger partial charge is 0.495 e. The highest BCUT2D eigenvalue weighted by molar-refractivity contribution is 6.31. The molecule has 26 heavy (non-hydrogen) atoms. The van der Waals surface area contributed by atoms with Gasteiger partial charge in [-0.1, -0.05) is 17.7 Å². The average molecular weight is 371 g/mol. The first-order valence-corrected chi connectivity index (χ1v) is 8.10. The van der Waals surface area contributed by atoms with Gasteiger partial charge in [0.1, 0.15) is 5.75 Å². The first-order chi connectivity index (χ1) is 12.5. The molecule has 132 valence electrons. The van der Waals surface area contributed by atoms with Crippen LogP contribution in [-0.2, 0) is 0 Å². The maximum absolute atomic E-state index is 12.6. The van der Waals surface area contributed by atoms with Crippen molar-refractivity contribution in [3.63, 3.8) is 0 Å².